The minimum atomic E-state index is -0.0576. The molecule has 0 saturated heterocycles. The van der Waals surface area contributed by atoms with Crippen LogP contribution in [0.25, 0.3) is 0 Å². The first-order valence-corrected chi connectivity index (χ1v) is 7.91. The van der Waals surface area contributed by atoms with Crippen LogP contribution in [-0.2, 0) is 19.5 Å². The summed E-state index contributed by atoms with van der Waals surface area (Å²) in [6.07, 6.45) is 4.55. The van der Waals surface area contributed by atoms with Crippen molar-refractivity contribution in [3.05, 3.63) is 46.5 Å². The van der Waals surface area contributed by atoms with Gasteiger partial charge in [0.15, 0.2) is 5.82 Å². The number of hydrogen-bond acceptors (Lipinski definition) is 3. The molecule has 0 atom stereocenters. The summed E-state index contributed by atoms with van der Waals surface area (Å²) in [7, 11) is 0. The number of hydrogen-bond donors (Lipinski definition) is 1. The Balaban J connectivity index is 1.70. The van der Waals surface area contributed by atoms with Crippen LogP contribution in [0.3, 0.4) is 0 Å². The number of amides is 1. The summed E-state index contributed by atoms with van der Waals surface area (Å²) in [6, 6.07) is 5.88. The second kappa shape index (κ2) is 6.30. The Labute approximate surface area is 130 Å². The molecule has 1 amide bonds. The average Bonchev–Trinajstić information content (AvgIpc) is 2.71. The summed E-state index contributed by atoms with van der Waals surface area (Å²) in [5.41, 5.74) is 2.90. The Kier molecular flexibility index (Phi) is 4.22. The van der Waals surface area contributed by atoms with Crippen molar-refractivity contribution in [1.82, 2.24) is 20.1 Å². The highest BCUT2D eigenvalue weighted by Crippen LogP contribution is 2.14. The third-order valence-corrected chi connectivity index (χ3v) is 4.08. The van der Waals surface area contributed by atoms with Crippen molar-refractivity contribution in [3.63, 3.8) is 0 Å². The normalized spacial score (nSPS) is 14.3. The standard InChI is InChI=1S/C17H22N4O/c1-12-8-13(2)10-14(9-12)17(22)18-11-16-20-19-15-6-4-3-5-7-21(15)16/h8-10H,3-7,11H2,1-2H3,(H,18,22). The third-order valence-electron chi connectivity index (χ3n) is 4.08. The Bertz CT molecular complexity index is 670. The first-order chi connectivity index (χ1) is 10.6. The smallest absolute Gasteiger partial charge is 0.251 e. The molecule has 5 heteroatoms. The number of aromatic nitrogens is 3. The maximum Gasteiger partial charge on any atom is 0.251 e. The molecule has 1 aliphatic rings. The van der Waals surface area contributed by atoms with Crippen molar-refractivity contribution in [1.29, 1.82) is 0 Å². The van der Waals surface area contributed by atoms with Crippen molar-refractivity contribution in [2.24, 2.45) is 0 Å². The zero-order valence-electron chi connectivity index (χ0n) is 13.2. The van der Waals surface area contributed by atoms with Gasteiger partial charge in [0, 0.05) is 18.5 Å². The van der Waals surface area contributed by atoms with E-state index in [-0.39, 0.29) is 5.91 Å². The molecule has 116 valence electrons. The molecule has 0 unspecified atom stereocenters. The Morgan fingerprint density at radius 2 is 1.91 bits per heavy atom. The SMILES string of the molecule is Cc1cc(C)cc(C(=O)NCc2nnc3n2CCCCC3)c1. The maximum atomic E-state index is 12.3. The van der Waals surface area contributed by atoms with Crippen molar-refractivity contribution in [3.8, 4) is 0 Å². The number of fused-ring (bicyclic) bond motifs is 1. The quantitative estimate of drug-likeness (QED) is 0.947. The first kappa shape index (κ1) is 14.8. The number of rotatable bonds is 3. The molecule has 1 aromatic carbocycles. The third kappa shape index (κ3) is 3.18. The topological polar surface area (TPSA) is 59.8 Å². The van der Waals surface area contributed by atoms with Gasteiger partial charge in [0.25, 0.3) is 5.91 Å². The Morgan fingerprint density at radius 3 is 2.68 bits per heavy atom. The lowest BCUT2D eigenvalue weighted by Crippen LogP contribution is -2.25. The minimum absolute atomic E-state index is 0.0576. The van der Waals surface area contributed by atoms with Crippen LogP contribution in [0.1, 0.15) is 52.4 Å². The molecular weight excluding hydrogens is 276 g/mol. The van der Waals surface area contributed by atoms with Gasteiger partial charge in [-0.2, -0.15) is 0 Å². The molecule has 0 saturated carbocycles. The maximum absolute atomic E-state index is 12.3. The second-order valence-corrected chi connectivity index (χ2v) is 6.05. The van der Waals surface area contributed by atoms with Crippen molar-refractivity contribution in [2.45, 2.75) is 52.6 Å². The van der Waals surface area contributed by atoms with E-state index in [1.54, 1.807) is 0 Å². The van der Waals surface area contributed by atoms with Crippen LogP contribution < -0.4 is 5.32 Å². The highest BCUT2D eigenvalue weighted by atomic mass is 16.1. The molecule has 0 fully saturated rings. The van der Waals surface area contributed by atoms with E-state index in [0.717, 1.165) is 42.2 Å². The second-order valence-electron chi connectivity index (χ2n) is 6.05. The van der Waals surface area contributed by atoms with E-state index < -0.39 is 0 Å². The summed E-state index contributed by atoms with van der Waals surface area (Å²) in [5, 5.41) is 11.5. The summed E-state index contributed by atoms with van der Waals surface area (Å²) in [4.78, 5) is 12.3. The molecule has 0 radical (unpaired) electrons. The molecule has 2 heterocycles. The van der Waals surface area contributed by atoms with Crippen LogP contribution in [0.2, 0.25) is 0 Å². The monoisotopic (exact) mass is 298 g/mol. The molecule has 2 aromatic rings. The molecule has 3 rings (SSSR count). The Morgan fingerprint density at radius 1 is 1.14 bits per heavy atom. The van der Waals surface area contributed by atoms with Gasteiger partial charge in [-0.25, -0.2) is 0 Å². The fraction of sp³-hybridized carbons (Fsp3) is 0.471. The van der Waals surface area contributed by atoms with Crippen LogP contribution in [-0.4, -0.2) is 20.7 Å². The van der Waals surface area contributed by atoms with Crippen LogP contribution in [0.5, 0.6) is 0 Å². The number of carbonyl (C=O) groups is 1. The summed E-state index contributed by atoms with van der Waals surface area (Å²) < 4.78 is 2.16. The Hall–Kier alpha value is -2.17. The first-order valence-electron chi connectivity index (χ1n) is 7.91. The van der Waals surface area contributed by atoms with E-state index in [0.29, 0.717) is 12.1 Å². The lowest BCUT2D eigenvalue weighted by molar-refractivity contribution is 0.0949. The van der Waals surface area contributed by atoms with Gasteiger partial charge < -0.3 is 9.88 Å². The fourth-order valence-electron chi connectivity index (χ4n) is 3.04. The zero-order chi connectivity index (χ0) is 15.5. The largest absolute Gasteiger partial charge is 0.345 e. The van der Waals surface area contributed by atoms with Crippen LogP contribution >= 0.6 is 0 Å². The number of nitrogens with one attached hydrogen (secondary N) is 1. The lowest BCUT2D eigenvalue weighted by Gasteiger charge is -2.09. The van der Waals surface area contributed by atoms with Crippen molar-refractivity contribution in [2.75, 3.05) is 0 Å². The van der Waals surface area contributed by atoms with E-state index in [2.05, 4.69) is 26.1 Å². The van der Waals surface area contributed by atoms with E-state index in [9.17, 15) is 4.79 Å². The average molecular weight is 298 g/mol. The summed E-state index contributed by atoms with van der Waals surface area (Å²) >= 11 is 0. The summed E-state index contributed by atoms with van der Waals surface area (Å²) in [6.45, 7) is 5.39. The van der Waals surface area contributed by atoms with Gasteiger partial charge >= 0.3 is 0 Å². The van der Waals surface area contributed by atoms with Gasteiger partial charge in [-0.15, -0.1) is 10.2 Å². The van der Waals surface area contributed by atoms with Gasteiger partial charge in [0.05, 0.1) is 6.54 Å². The van der Waals surface area contributed by atoms with Gasteiger partial charge in [-0.1, -0.05) is 23.6 Å². The van der Waals surface area contributed by atoms with Gasteiger partial charge in [0.1, 0.15) is 5.82 Å². The van der Waals surface area contributed by atoms with Gasteiger partial charge in [0.2, 0.25) is 0 Å². The lowest BCUT2D eigenvalue weighted by atomic mass is 10.1. The minimum Gasteiger partial charge on any atom is -0.345 e. The molecular formula is C17H22N4O. The summed E-state index contributed by atoms with van der Waals surface area (Å²) in [5.74, 6) is 1.85. The van der Waals surface area contributed by atoms with Crippen LogP contribution in [0, 0.1) is 13.8 Å². The predicted molar refractivity (Wildman–Crippen MR) is 84.7 cm³/mol. The van der Waals surface area contributed by atoms with Crippen LogP contribution in [0.15, 0.2) is 18.2 Å². The number of aryl methyl sites for hydroxylation is 3. The number of carbonyl (C=O) groups excluding carboxylic acids is 1. The number of nitrogens with zero attached hydrogens (tertiary/aromatic N) is 3. The highest BCUT2D eigenvalue weighted by molar-refractivity contribution is 5.94. The molecule has 0 spiro atoms. The predicted octanol–water partition coefficient (Wildman–Crippen LogP) is 2.55. The molecule has 5 nitrogen and oxygen atoms in total. The molecule has 1 N–H and O–H groups in total. The molecule has 1 aromatic heterocycles. The molecule has 0 bridgehead atoms. The van der Waals surface area contributed by atoms with E-state index >= 15 is 0 Å². The van der Waals surface area contributed by atoms with E-state index in [1.807, 2.05) is 26.0 Å². The molecule has 22 heavy (non-hydrogen) atoms. The van der Waals surface area contributed by atoms with Crippen molar-refractivity contribution >= 4 is 5.91 Å². The van der Waals surface area contributed by atoms with Gasteiger partial charge in [-0.05, 0) is 38.8 Å². The molecule has 1 aliphatic heterocycles. The highest BCUT2D eigenvalue weighted by Gasteiger charge is 2.15. The number of benzene rings is 1. The van der Waals surface area contributed by atoms with Gasteiger partial charge in [-0.3, -0.25) is 4.79 Å². The van der Waals surface area contributed by atoms with E-state index in [4.69, 9.17) is 0 Å². The molecule has 0 aliphatic carbocycles. The van der Waals surface area contributed by atoms with Crippen LogP contribution in [0.4, 0.5) is 0 Å². The van der Waals surface area contributed by atoms with Crippen molar-refractivity contribution < 1.29 is 4.79 Å². The zero-order valence-corrected chi connectivity index (χ0v) is 13.2. The fourth-order valence-corrected chi connectivity index (χ4v) is 3.04. The van der Waals surface area contributed by atoms with E-state index in [1.165, 1.54) is 12.8 Å².